The molecule has 10 heteroatoms. The number of hydrogen-bond acceptors (Lipinski definition) is 4. The van der Waals surface area contributed by atoms with Gasteiger partial charge in [0.05, 0.1) is 15.8 Å². The van der Waals surface area contributed by atoms with Crippen LogP contribution in [0.2, 0.25) is 0 Å². The van der Waals surface area contributed by atoms with Crippen LogP contribution in [0.5, 0.6) is 0 Å². The van der Waals surface area contributed by atoms with E-state index in [0.29, 0.717) is 21.7 Å². The van der Waals surface area contributed by atoms with Crippen LogP contribution in [0.4, 0.5) is 22.0 Å². The monoisotopic (exact) mass is 455 g/mol. The number of carbonyl (C=O) groups excluding carboxylic acids is 1. The number of amides is 1. The summed E-state index contributed by atoms with van der Waals surface area (Å²) >= 11 is 0.917. The highest BCUT2D eigenvalue weighted by atomic mass is 32.1. The van der Waals surface area contributed by atoms with Crippen LogP contribution in [0, 0.1) is 0 Å². The molecular weight excluding hydrogens is 437 g/mol. The van der Waals surface area contributed by atoms with Gasteiger partial charge in [-0.2, -0.15) is 13.2 Å². The van der Waals surface area contributed by atoms with Crippen LogP contribution >= 0.6 is 11.3 Å². The molecule has 31 heavy (non-hydrogen) atoms. The number of carbonyl (C=O) groups is 1. The van der Waals surface area contributed by atoms with Gasteiger partial charge < -0.3 is 10.6 Å². The van der Waals surface area contributed by atoms with Crippen LogP contribution in [-0.4, -0.2) is 34.8 Å². The number of likely N-dealkylation sites (tertiary alicyclic amines) is 1. The zero-order chi connectivity index (χ0) is 22.4. The molecule has 0 aliphatic carbocycles. The average molecular weight is 455 g/mol. The molecule has 2 aromatic carbocycles. The second-order valence-corrected chi connectivity index (χ2v) is 8.49. The molecule has 164 valence electrons. The lowest BCUT2D eigenvalue weighted by atomic mass is 10.00. The van der Waals surface area contributed by atoms with Crippen molar-refractivity contribution in [2.75, 3.05) is 13.1 Å². The largest absolute Gasteiger partial charge is 0.417 e. The Hall–Kier alpha value is -2.59. The first kappa shape index (κ1) is 21.6. The topological polar surface area (TPSA) is 59.2 Å². The molecule has 1 aliphatic rings. The van der Waals surface area contributed by atoms with Crippen molar-refractivity contribution in [2.45, 2.75) is 31.5 Å². The molecule has 1 saturated heterocycles. The zero-order valence-electron chi connectivity index (χ0n) is 16.2. The minimum Gasteiger partial charge on any atom is -0.338 e. The fourth-order valence-electron chi connectivity index (χ4n) is 3.57. The number of alkyl halides is 5. The van der Waals surface area contributed by atoms with Gasteiger partial charge in [0.25, 0.3) is 11.8 Å². The first-order valence-corrected chi connectivity index (χ1v) is 10.4. The van der Waals surface area contributed by atoms with Crippen LogP contribution in [0.3, 0.4) is 0 Å². The molecule has 0 bridgehead atoms. The summed E-state index contributed by atoms with van der Waals surface area (Å²) < 4.78 is 67.5. The van der Waals surface area contributed by atoms with Gasteiger partial charge >= 0.3 is 6.18 Å². The molecule has 2 heterocycles. The van der Waals surface area contributed by atoms with E-state index in [9.17, 15) is 26.7 Å². The van der Waals surface area contributed by atoms with Gasteiger partial charge in [-0.05, 0) is 35.4 Å². The van der Waals surface area contributed by atoms with Crippen molar-refractivity contribution in [3.63, 3.8) is 0 Å². The molecular formula is C21H18F5N3OS. The van der Waals surface area contributed by atoms with Crippen molar-refractivity contribution in [2.24, 2.45) is 5.73 Å². The van der Waals surface area contributed by atoms with Crippen LogP contribution in [-0.2, 0) is 12.7 Å². The molecule has 0 spiro atoms. The molecule has 1 fully saturated rings. The van der Waals surface area contributed by atoms with Gasteiger partial charge in [-0.15, -0.1) is 11.3 Å². The molecule has 4 rings (SSSR count). The summed E-state index contributed by atoms with van der Waals surface area (Å²) in [6, 6.07) is 8.70. The summed E-state index contributed by atoms with van der Waals surface area (Å²) in [7, 11) is 0. The Labute approximate surface area is 178 Å². The molecule has 0 atom stereocenters. The molecule has 0 unspecified atom stereocenters. The maximum Gasteiger partial charge on any atom is 0.417 e. The SMILES string of the molecule is NCc1nc2cc(-c3ccc(C(=O)N4CCC(F)(F)CC4)cc3)cc(C(F)(F)F)c2s1. The third-order valence-electron chi connectivity index (χ3n) is 5.26. The second kappa shape index (κ2) is 7.83. The van der Waals surface area contributed by atoms with Crippen molar-refractivity contribution in [1.82, 2.24) is 9.88 Å². The van der Waals surface area contributed by atoms with E-state index < -0.39 is 17.7 Å². The van der Waals surface area contributed by atoms with Crippen LogP contribution in [0.15, 0.2) is 36.4 Å². The van der Waals surface area contributed by atoms with Gasteiger partial charge in [-0.3, -0.25) is 4.79 Å². The third-order valence-corrected chi connectivity index (χ3v) is 6.39. The number of nitrogens with two attached hydrogens (primary N) is 1. The standard InChI is InChI=1S/C21H18F5N3OS/c22-20(23)5-7-29(8-6-20)19(30)13-3-1-12(2-4-13)14-9-15(21(24,25)26)18-16(10-14)28-17(11-27)31-18/h1-4,9-10H,5-8,11,27H2. The van der Waals surface area contributed by atoms with Gasteiger partial charge in [0, 0.05) is 38.0 Å². The number of benzene rings is 2. The van der Waals surface area contributed by atoms with E-state index in [1.807, 2.05) is 0 Å². The van der Waals surface area contributed by atoms with Gasteiger partial charge in [-0.25, -0.2) is 13.8 Å². The third kappa shape index (κ3) is 4.40. The van der Waals surface area contributed by atoms with Gasteiger partial charge in [0.2, 0.25) is 0 Å². The molecule has 1 aliphatic heterocycles. The molecule has 0 radical (unpaired) electrons. The summed E-state index contributed by atoms with van der Waals surface area (Å²) in [5.41, 5.74) is 6.05. The Bertz CT molecular complexity index is 1110. The Morgan fingerprint density at radius 3 is 2.32 bits per heavy atom. The Morgan fingerprint density at radius 1 is 1.10 bits per heavy atom. The number of nitrogens with zero attached hydrogens (tertiary/aromatic N) is 2. The van der Waals surface area contributed by atoms with Crippen molar-refractivity contribution in [1.29, 1.82) is 0 Å². The first-order chi connectivity index (χ1) is 14.6. The smallest absolute Gasteiger partial charge is 0.338 e. The van der Waals surface area contributed by atoms with E-state index >= 15 is 0 Å². The van der Waals surface area contributed by atoms with Gasteiger partial charge in [0.15, 0.2) is 0 Å². The number of aromatic nitrogens is 1. The number of rotatable bonds is 3. The normalized spacial score (nSPS) is 16.6. The van der Waals surface area contributed by atoms with E-state index in [4.69, 9.17) is 5.73 Å². The van der Waals surface area contributed by atoms with E-state index in [0.717, 1.165) is 17.4 Å². The quantitative estimate of drug-likeness (QED) is 0.545. The van der Waals surface area contributed by atoms with E-state index in [1.165, 1.54) is 17.0 Å². The van der Waals surface area contributed by atoms with Crippen LogP contribution in [0.1, 0.15) is 33.8 Å². The Balaban J connectivity index is 1.64. The highest BCUT2D eigenvalue weighted by Crippen LogP contribution is 2.40. The highest BCUT2D eigenvalue weighted by Gasteiger charge is 2.36. The van der Waals surface area contributed by atoms with Gasteiger partial charge in [0.1, 0.15) is 5.01 Å². The summed E-state index contributed by atoms with van der Waals surface area (Å²) in [6.45, 7) is -0.0236. The predicted molar refractivity (Wildman–Crippen MR) is 108 cm³/mol. The number of hydrogen-bond donors (Lipinski definition) is 1. The highest BCUT2D eigenvalue weighted by molar-refractivity contribution is 7.18. The number of thiazole rings is 1. The van der Waals surface area contributed by atoms with Crippen molar-refractivity contribution >= 4 is 27.5 Å². The van der Waals surface area contributed by atoms with E-state index in [2.05, 4.69) is 4.98 Å². The van der Waals surface area contributed by atoms with E-state index in [-0.39, 0.29) is 48.6 Å². The molecule has 3 aromatic rings. The van der Waals surface area contributed by atoms with Crippen molar-refractivity contribution in [3.8, 4) is 11.1 Å². The minimum atomic E-state index is -4.56. The summed E-state index contributed by atoms with van der Waals surface area (Å²) in [5, 5.41) is 0.408. The molecule has 0 saturated carbocycles. The fourth-order valence-corrected chi connectivity index (χ4v) is 4.52. The number of halogens is 5. The molecule has 1 aromatic heterocycles. The lowest BCUT2D eigenvalue weighted by molar-refractivity contribution is -0.136. The van der Waals surface area contributed by atoms with Crippen LogP contribution < -0.4 is 5.73 Å². The summed E-state index contributed by atoms with van der Waals surface area (Å²) in [5.74, 6) is -3.13. The molecule has 2 N–H and O–H groups in total. The maximum absolute atomic E-state index is 13.6. The van der Waals surface area contributed by atoms with E-state index in [1.54, 1.807) is 18.2 Å². The lowest BCUT2D eigenvalue weighted by Gasteiger charge is -2.31. The maximum atomic E-state index is 13.6. The average Bonchev–Trinajstić information content (AvgIpc) is 3.15. The summed E-state index contributed by atoms with van der Waals surface area (Å²) in [4.78, 5) is 18.1. The number of fused-ring (bicyclic) bond motifs is 1. The minimum absolute atomic E-state index is 0.0328. The van der Waals surface area contributed by atoms with Crippen LogP contribution in [0.25, 0.3) is 21.3 Å². The molecule has 4 nitrogen and oxygen atoms in total. The van der Waals surface area contributed by atoms with Crippen molar-refractivity contribution < 1.29 is 26.7 Å². The van der Waals surface area contributed by atoms with Gasteiger partial charge in [-0.1, -0.05) is 12.1 Å². The zero-order valence-corrected chi connectivity index (χ0v) is 17.0. The lowest BCUT2D eigenvalue weighted by Crippen LogP contribution is -2.42. The Morgan fingerprint density at radius 2 is 1.74 bits per heavy atom. The number of piperidine rings is 1. The van der Waals surface area contributed by atoms with Crippen molar-refractivity contribution in [3.05, 3.63) is 52.5 Å². The Kier molecular flexibility index (Phi) is 5.47. The fraction of sp³-hybridized carbons (Fsp3) is 0.333. The molecule has 1 amide bonds. The first-order valence-electron chi connectivity index (χ1n) is 9.56. The predicted octanol–water partition coefficient (Wildman–Crippen LogP) is 5.31. The second-order valence-electron chi connectivity index (χ2n) is 7.41. The summed E-state index contributed by atoms with van der Waals surface area (Å²) in [6.07, 6.45) is -5.32.